The van der Waals surface area contributed by atoms with Crippen LogP contribution in [0.1, 0.15) is 6.92 Å². The molecular formula is C14H14N4OS. The van der Waals surface area contributed by atoms with Gasteiger partial charge in [-0.2, -0.15) is 4.98 Å². The summed E-state index contributed by atoms with van der Waals surface area (Å²) < 4.78 is 7.18. The van der Waals surface area contributed by atoms with Gasteiger partial charge in [0.1, 0.15) is 0 Å². The minimum atomic E-state index is 0.382. The highest BCUT2D eigenvalue weighted by molar-refractivity contribution is 7.13. The van der Waals surface area contributed by atoms with E-state index in [9.17, 15) is 0 Å². The van der Waals surface area contributed by atoms with Crippen molar-refractivity contribution in [2.75, 3.05) is 12.3 Å². The number of thiophene rings is 1. The zero-order valence-corrected chi connectivity index (χ0v) is 11.8. The predicted molar refractivity (Wildman–Crippen MR) is 80.3 cm³/mol. The molecule has 0 fully saturated rings. The van der Waals surface area contributed by atoms with Crippen molar-refractivity contribution in [2.45, 2.75) is 6.92 Å². The molecule has 3 aromatic rings. The average molecular weight is 286 g/mol. The third-order valence-electron chi connectivity index (χ3n) is 2.74. The van der Waals surface area contributed by atoms with Gasteiger partial charge in [-0.1, -0.05) is 6.07 Å². The van der Waals surface area contributed by atoms with Crippen LogP contribution >= 0.6 is 11.3 Å². The Morgan fingerprint density at radius 3 is 2.70 bits per heavy atom. The first-order valence-corrected chi connectivity index (χ1v) is 7.15. The van der Waals surface area contributed by atoms with Crippen LogP contribution in [-0.2, 0) is 0 Å². The second-order valence-electron chi connectivity index (χ2n) is 4.13. The molecule has 2 N–H and O–H groups in total. The maximum Gasteiger partial charge on any atom is 0.336 e. The molecule has 6 heteroatoms. The molecule has 0 aliphatic rings. The summed E-state index contributed by atoms with van der Waals surface area (Å²) in [6.07, 6.45) is 0. The van der Waals surface area contributed by atoms with Crippen molar-refractivity contribution in [3.05, 3.63) is 41.8 Å². The molecule has 2 aromatic heterocycles. The van der Waals surface area contributed by atoms with Crippen molar-refractivity contribution in [3.63, 3.8) is 0 Å². The fourth-order valence-electron chi connectivity index (χ4n) is 1.84. The monoisotopic (exact) mass is 286 g/mol. The number of ether oxygens (including phenoxy) is 1. The number of benzene rings is 1. The minimum Gasteiger partial charge on any atom is -0.463 e. The van der Waals surface area contributed by atoms with Gasteiger partial charge in [-0.3, -0.25) is 0 Å². The van der Waals surface area contributed by atoms with Gasteiger partial charge in [0.25, 0.3) is 0 Å². The largest absolute Gasteiger partial charge is 0.463 e. The molecule has 0 unspecified atom stereocenters. The van der Waals surface area contributed by atoms with Crippen LogP contribution < -0.4 is 10.5 Å². The van der Waals surface area contributed by atoms with Crippen LogP contribution in [0.2, 0.25) is 0 Å². The summed E-state index contributed by atoms with van der Waals surface area (Å²) in [6, 6.07) is 11.9. The summed E-state index contributed by atoms with van der Waals surface area (Å²) in [4.78, 5) is 5.49. The molecule has 0 aliphatic carbocycles. The molecule has 0 radical (unpaired) electrons. The SMILES string of the molecule is CCOc1nc(-c2cccs2)n(-c2ccc(N)cc2)n1. The van der Waals surface area contributed by atoms with Crippen LogP contribution in [-0.4, -0.2) is 21.4 Å². The third kappa shape index (κ3) is 2.37. The second kappa shape index (κ2) is 5.34. The van der Waals surface area contributed by atoms with Gasteiger partial charge in [0.15, 0.2) is 5.82 Å². The van der Waals surface area contributed by atoms with Crippen LogP contribution in [0, 0.1) is 0 Å². The number of aromatic nitrogens is 3. The van der Waals surface area contributed by atoms with Crippen molar-refractivity contribution in [1.82, 2.24) is 14.8 Å². The molecule has 0 atom stereocenters. The normalized spacial score (nSPS) is 10.7. The highest BCUT2D eigenvalue weighted by atomic mass is 32.1. The lowest BCUT2D eigenvalue weighted by Gasteiger charge is -2.04. The Balaban J connectivity index is 2.10. The summed E-state index contributed by atoms with van der Waals surface area (Å²) in [6.45, 7) is 2.45. The fraction of sp³-hybridized carbons (Fsp3) is 0.143. The maximum atomic E-state index is 5.72. The Morgan fingerprint density at radius 2 is 2.05 bits per heavy atom. The van der Waals surface area contributed by atoms with Gasteiger partial charge in [0.2, 0.25) is 0 Å². The first-order chi connectivity index (χ1) is 9.78. The second-order valence-corrected chi connectivity index (χ2v) is 5.08. The van der Waals surface area contributed by atoms with Crippen LogP contribution in [0.5, 0.6) is 6.01 Å². The summed E-state index contributed by atoms with van der Waals surface area (Å²) >= 11 is 1.62. The van der Waals surface area contributed by atoms with Gasteiger partial charge in [0, 0.05) is 5.69 Å². The Labute approximate surface area is 120 Å². The molecule has 5 nitrogen and oxygen atoms in total. The standard InChI is InChI=1S/C14H14N4OS/c1-2-19-14-16-13(12-4-3-9-20-12)18(17-14)11-7-5-10(15)6-8-11/h3-9H,2,15H2,1H3. The molecular weight excluding hydrogens is 272 g/mol. The highest BCUT2D eigenvalue weighted by Gasteiger charge is 2.15. The molecule has 0 saturated heterocycles. The number of hydrogen-bond donors (Lipinski definition) is 1. The summed E-state index contributed by atoms with van der Waals surface area (Å²) in [5.74, 6) is 0.772. The van der Waals surface area contributed by atoms with Gasteiger partial charge < -0.3 is 10.5 Å². The number of nitrogens with two attached hydrogens (primary N) is 1. The van der Waals surface area contributed by atoms with E-state index in [1.807, 2.05) is 48.7 Å². The van der Waals surface area contributed by atoms with Gasteiger partial charge in [-0.25, -0.2) is 4.68 Å². The number of anilines is 1. The van der Waals surface area contributed by atoms with Crippen LogP contribution in [0.15, 0.2) is 41.8 Å². The van der Waals surface area contributed by atoms with E-state index in [1.54, 1.807) is 16.0 Å². The first kappa shape index (κ1) is 12.7. The molecule has 0 bridgehead atoms. The summed E-state index contributed by atoms with van der Waals surface area (Å²) in [5.41, 5.74) is 7.35. The zero-order valence-electron chi connectivity index (χ0n) is 11.0. The fourth-order valence-corrected chi connectivity index (χ4v) is 2.54. The molecule has 0 amide bonds. The average Bonchev–Trinajstić information content (AvgIpc) is 3.08. The maximum absolute atomic E-state index is 5.72. The molecule has 102 valence electrons. The number of rotatable bonds is 4. The van der Waals surface area contributed by atoms with Crippen molar-refractivity contribution in [2.24, 2.45) is 0 Å². The quantitative estimate of drug-likeness (QED) is 0.749. The molecule has 2 heterocycles. The van der Waals surface area contributed by atoms with E-state index in [1.165, 1.54) is 0 Å². The minimum absolute atomic E-state index is 0.382. The Hall–Kier alpha value is -2.34. The van der Waals surface area contributed by atoms with Crippen molar-refractivity contribution < 1.29 is 4.74 Å². The molecule has 3 rings (SSSR count). The first-order valence-electron chi connectivity index (χ1n) is 6.27. The topological polar surface area (TPSA) is 66.0 Å². The number of nitrogen functional groups attached to an aromatic ring is 1. The van der Waals surface area contributed by atoms with E-state index < -0.39 is 0 Å². The highest BCUT2D eigenvalue weighted by Crippen LogP contribution is 2.27. The zero-order chi connectivity index (χ0) is 13.9. The van der Waals surface area contributed by atoms with E-state index >= 15 is 0 Å². The number of nitrogens with zero attached hydrogens (tertiary/aromatic N) is 3. The van der Waals surface area contributed by atoms with Crippen LogP contribution in [0.3, 0.4) is 0 Å². The molecule has 0 spiro atoms. The lowest BCUT2D eigenvalue weighted by molar-refractivity contribution is 0.312. The van der Waals surface area contributed by atoms with Gasteiger partial charge >= 0.3 is 6.01 Å². The van der Waals surface area contributed by atoms with E-state index in [0.29, 0.717) is 12.6 Å². The third-order valence-corrected chi connectivity index (χ3v) is 3.61. The van der Waals surface area contributed by atoms with E-state index in [0.717, 1.165) is 22.1 Å². The summed E-state index contributed by atoms with van der Waals surface area (Å²) in [7, 11) is 0. The molecule has 0 aliphatic heterocycles. The Morgan fingerprint density at radius 1 is 1.25 bits per heavy atom. The molecule has 20 heavy (non-hydrogen) atoms. The summed E-state index contributed by atoms with van der Waals surface area (Å²) in [5, 5.41) is 6.42. The van der Waals surface area contributed by atoms with Crippen molar-refractivity contribution in [3.8, 4) is 22.4 Å². The predicted octanol–water partition coefficient (Wildman–Crippen LogP) is 2.98. The van der Waals surface area contributed by atoms with E-state index in [2.05, 4.69) is 10.1 Å². The Kier molecular flexibility index (Phi) is 3.39. The van der Waals surface area contributed by atoms with Gasteiger partial charge in [-0.05, 0) is 42.6 Å². The lowest BCUT2D eigenvalue weighted by Crippen LogP contribution is -1.99. The van der Waals surface area contributed by atoms with E-state index in [4.69, 9.17) is 10.5 Å². The number of hydrogen-bond acceptors (Lipinski definition) is 5. The van der Waals surface area contributed by atoms with Crippen molar-refractivity contribution >= 4 is 17.0 Å². The Bertz CT molecular complexity index is 689. The lowest BCUT2D eigenvalue weighted by atomic mass is 10.3. The molecule has 0 saturated carbocycles. The smallest absolute Gasteiger partial charge is 0.336 e. The molecule has 1 aromatic carbocycles. The van der Waals surface area contributed by atoms with Crippen LogP contribution in [0.4, 0.5) is 5.69 Å². The van der Waals surface area contributed by atoms with E-state index in [-0.39, 0.29) is 0 Å². The van der Waals surface area contributed by atoms with Crippen LogP contribution in [0.25, 0.3) is 16.4 Å². The van der Waals surface area contributed by atoms with Crippen molar-refractivity contribution in [1.29, 1.82) is 0 Å². The van der Waals surface area contributed by atoms with Gasteiger partial charge in [0.05, 0.1) is 17.2 Å². The van der Waals surface area contributed by atoms with Gasteiger partial charge in [-0.15, -0.1) is 16.4 Å².